The molecule has 0 atom stereocenters. The maximum Gasteiger partial charge on any atom is 0.197 e. The summed E-state index contributed by atoms with van der Waals surface area (Å²) in [6.45, 7) is 8.86. The van der Waals surface area contributed by atoms with Gasteiger partial charge in [-0.05, 0) is 34.9 Å². The molecule has 2 heterocycles. The molecule has 0 bridgehead atoms. The van der Waals surface area contributed by atoms with Gasteiger partial charge in [0.2, 0.25) is 0 Å². The van der Waals surface area contributed by atoms with Gasteiger partial charge in [0.05, 0.1) is 11.8 Å². The summed E-state index contributed by atoms with van der Waals surface area (Å²) in [4.78, 5) is 25.6. The summed E-state index contributed by atoms with van der Waals surface area (Å²) < 4.78 is 5.87. The Labute approximate surface area is 210 Å². The van der Waals surface area contributed by atoms with E-state index in [0.717, 1.165) is 22.5 Å². The molecule has 4 heteroatoms. The molecule has 0 saturated heterocycles. The fourth-order valence-electron chi connectivity index (χ4n) is 5.60. The second kappa shape index (κ2) is 7.66. The number of hydrogen-bond donors (Lipinski definition) is 1. The molecule has 178 valence electrons. The SMILES string of the molecule is CC(C)(c1coc(C=C2C(=O)c3ccccc3C2=O)c1)c1cccc2c1Nc1ccccc1C2(C)C. The maximum atomic E-state index is 12.8. The quantitative estimate of drug-likeness (QED) is 0.248. The zero-order valence-corrected chi connectivity index (χ0v) is 20.8. The molecule has 1 aliphatic carbocycles. The van der Waals surface area contributed by atoms with Gasteiger partial charge in [0, 0.05) is 38.9 Å². The zero-order valence-electron chi connectivity index (χ0n) is 20.8. The van der Waals surface area contributed by atoms with E-state index in [-0.39, 0.29) is 22.6 Å². The van der Waals surface area contributed by atoms with E-state index in [0.29, 0.717) is 16.9 Å². The number of rotatable bonds is 3. The number of benzene rings is 3. The lowest BCUT2D eigenvalue weighted by Crippen LogP contribution is -2.29. The highest BCUT2D eigenvalue weighted by Crippen LogP contribution is 2.49. The Bertz CT molecular complexity index is 1560. The van der Waals surface area contributed by atoms with E-state index in [9.17, 15) is 9.59 Å². The molecule has 1 aromatic heterocycles. The van der Waals surface area contributed by atoms with Crippen LogP contribution >= 0.6 is 0 Å². The van der Waals surface area contributed by atoms with Crippen molar-refractivity contribution >= 4 is 29.0 Å². The topological polar surface area (TPSA) is 59.3 Å². The summed E-state index contributed by atoms with van der Waals surface area (Å²) in [5, 5.41) is 3.70. The Kier molecular flexibility index (Phi) is 4.74. The van der Waals surface area contributed by atoms with E-state index in [4.69, 9.17) is 4.42 Å². The lowest BCUT2D eigenvalue weighted by Gasteiger charge is -2.39. The van der Waals surface area contributed by atoms with Crippen molar-refractivity contribution in [3.63, 3.8) is 0 Å². The average Bonchev–Trinajstić information content (AvgIpc) is 3.44. The first-order chi connectivity index (χ1) is 17.2. The third kappa shape index (κ3) is 3.14. The first kappa shape index (κ1) is 22.3. The number of allylic oxidation sites excluding steroid dienone is 1. The fourth-order valence-corrected chi connectivity index (χ4v) is 5.60. The van der Waals surface area contributed by atoms with Gasteiger partial charge in [0.15, 0.2) is 11.6 Å². The summed E-state index contributed by atoms with van der Waals surface area (Å²) >= 11 is 0. The number of furan rings is 1. The normalized spacial score (nSPS) is 15.7. The van der Waals surface area contributed by atoms with Gasteiger partial charge in [0.25, 0.3) is 0 Å². The van der Waals surface area contributed by atoms with Crippen molar-refractivity contribution in [3.8, 4) is 0 Å². The van der Waals surface area contributed by atoms with Gasteiger partial charge < -0.3 is 9.73 Å². The number of anilines is 2. The van der Waals surface area contributed by atoms with Crippen molar-refractivity contribution in [2.45, 2.75) is 38.5 Å². The van der Waals surface area contributed by atoms with E-state index in [1.165, 1.54) is 11.1 Å². The van der Waals surface area contributed by atoms with Gasteiger partial charge in [0.1, 0.15) is 5.76 Å². The molecule has 36 heavy (non-hydrogen) atoms. The summed E-state index contributed by atoms with van der Waals surface area (Å²) in [6, 6.07) is 23.8. The predicted octanol–water partition coefficient (Wildman–Crippen LogP) is 7.45. The fraction of sp³-hybridized carbons (Fsp3) is 0.188. The summed E-state index contributed by atoms with van der Waals surface area (Å²) in [7, 11) is 0. The second-order valence-electron chi connectivity index (χ2n) is 10.6. The number of Topliss-reactive ketones (excluding diaryl/α,β-unsaturated/α-hetero) is 2. The van der Waals surface area contributed by atoms with Crippen LogP contribution in [0.4, 0.5) is 11.4 Å². The minimum Gasteiger partial charge on any atom is -0.465 e. The number of para-hydroxylation sites is 2. The molecular formula is C32H27NO3. The molecule has 0 unspecified atom stereocenters. The molecule has 4 nitrogen and oxygen atoms in total. The largest absolute Gasteiger partial charge is 0.465 e. The molecule has 2 aliphatic rings. The number of carbonyl (C=O) groups is 2. The van der Waals surface area contributed by atoms with Crippen LogP contribution in [-0.2, 0) is 10.8 Å². The Morgan fingerprint density at radius 3 is 2.19 bits per heavy atom. The van der Waals surface area contributed by atoms with Crippen molar-refractivity contribution in [1.29, 1.82) is 0 Å². The van der Waals surface area contributed by atoms with Crippen LogP contribution in [0.1, 0.15) is 76.4 Å². The minimum absolute atomic E-state index is 0.145. The van der Waals surface area contributed by atoms with Crippen LogP contribution < -0.4 is 5.32 Å². The standard InChI is InChI=1S/C32H27NO3/c1-31(2,25-13-9-14-26-28(25)33-27-15-8-7-12-24(27)32(26,3)4)19-16-20(36-18-19)17-23-29(34)21-10-5-6-11-22(21)30(23)35/h5-18,33H,1-4H3. The van der Waals surface area contributed by atoms with E-state index in [1.54, 1.807) is 36.6 Å². The molecule has 0 spiro atoms. The smallest absolute Gasteiger partial charge is 0.197 e. The molecule has 1 aliphatic heterocycles. The van der Waals surface area contributed by atoms with Crippen molar-refractivity contribution in [2.75, 3.05) is 5.32 Å². The van der Waals surface area contributed by atoms with E-state index < -0.39 is 5.41 Å². The van der Waals surface area contributed by atoms with E-state index in [1.807, 2.05) is 6.07 Å². The summed E-state index contributed by atoms with van der Waals surface area (Å²) in [6.07, 6.45) is 3.30. The number of carbonyl (C=O) groups excluding carboxylic acids is 2. The summed E-state index contributed by atoms with van der Waals surface area (Å²) in [5.41, 5.74) is 7.39. The van der Waals surface area contributed by atoms with Gasteiger partial charge in [-0.25, -0.2) is 0 Å². The number of ketones is 2. The Morgan fingerprint density at radius 1 is 0.833 bits per heavy atom. The van der Waals surface area contributed by atoms with Crippen molar-refractivity contribution in [3.05, 3.63) is 124 Å². The van der Waals surface area contributed by atoms with Crippen LogP contribution in [0.2, 0.25) is 0 Å². The third-order valence-corrected chi connectivity index (χ3v) is 7.80. The Morgan fingerprint density at radius 2 is 1.47 bits per heavy atom. The second-order valence-corrected chi connectivity index (χ2v) is 10.6. The van der Waals surface area contributed by atoms with Crippen LogP contribution in [0.3, 0.4) is 0 Å². The molecule has 1 N–H and O–H groups in total. The molecule has 0 fully saturated rings. The molecule has 6 rings (SSSR count). The lowest BCUT2D eigenvalue weighted by atomic mass is 9.70. The van der Waals surface area contributed by atoms with Crippen LogP contribution in [0.25, 0.3) is 6.08 Å². The molecule has 3 aromatic carbocycles. The average molecular weight is 474 g/mol. The lowest BCUT2D eigenvalue weighted by molar-refractivity contribution is 0.0990. The van der Waals surface area contributed by atoms with Gasteiger partial charge in [-0.15, -0.1) is 0 Å². The third-order valence-electron chi connectivity index (χ3n) is 7.80. The first-order valence-corrected chi connectivity index (χ1v) is 12.2. The number of hydrogen-bond acceptors (Lipinski definition) is 4. The maximum absolute atomic E-state index is 12.8. The Balaban J connectivity index is 1.39. The van der Waals surface area contributed by atoms with Crippen LogP contribution in [-0.4, -0.2) is 11.6 Å². The highest BCUT2D eigenvalue weighted by molar-refractivity contribution is 6.41. The van der Waals surface area contributed by atoms with Gasteiger partial charge in [-0.3, -0.25) is 9.59 Å². The molecular weight excluding hydrogens is 446 g/mol. The van der Waals surface area contributed by atoms with Gasteiger partial charge >= 0.3 is 0 Å². The van der Waals surface area contributed by atoms with Crippen molar-refractivity contribution in [2.24, 2.45) is 0 Å². The van der Waals surface area contributed by atoms with Crippen LogP contribution in [0.5, 0.6) is 0 Å². The van der Waals surface area contributed by atoms with Crippen LogP contribution in [0, 0.1) is 0 Å². The number of fused-ring (bicyclic) bond motifs is 3. The number of nitrogens with one attached hydrogen (secondary N) is 1. The molecule has 0 amide bonds. The monoisotopic (exact) mass is 473 g/mol. The Hall–Kier alpha value is -4.18. The van der Waals surface area contributed by atoms with Crippen LogP contribution in [0.15, 0.2) is 89.0 Å². The zero-order chi connectivity index (χ0) is 25.2. The van der Waals surface area contributed by atoms with Gasteiger partial charge in [-0.2, -0.15) is 0 Å². The molecule has 0 saturated carbocycles. The molecule has 4 aromatic rings. The highest BCUT2D eigenvalue weighted by atomic mass is 16.3. The van der Waals surface area contributed by atoms with Gasteiger partial charge in [-0.1, -0.05) is 88.4 Å². The van der Waals surface area contributed by atoms with E-state index in [2.05, 4.69) is 75.5 Å². The highest BCUT2D eigenvalue weighted by Gasteiger charge is 2.37. The molecule has 0 radical (unpaired) electrons. The van der Waals surface area contributed by atoms with Crippen molar-refractivity contribution < 1.29 is 14.0 Å². The summed E-state index contributed by atoms with van der Waals surface area (Å²) in [5.74, 6) is -0.0175. The minimum atomic E-state index is -0.395. The van der Waals surface area contributed by atoms with Crippen molar-refractivity contribution in [1.82, 2.24) is 0 Å². The predicted molar refractivity (Wildman–Crippen MR) is 142 cm³/mol. The van der Waals surface area contributed by atoms with E-state index >= 15 is 0 Å². The first-order valence-electron chi connectivity index (χ1n) is 12.2.